The van der Waals surface area contributed by atoms with Crippen LogP contribution in [0, 0.1) is 17.3 Å². The van der Waals surface area contributed by atoms with Crippen molar-refractivity contribution in [3.63, 3.8) is 0 Å². The largest absolute Gasteiger partial charge is 0.303 e. The minimum Gasteiger partial charge on any atom is -0.303 e. The van der Waals surface area contributed by atoms with E-state index >= 15 is 0 Å². The standard InChI is InChI=1S/C17H33N3/c1-4-18-11-17(12-18)13-20(14-17)10-16-5-7-19(8-6-16)9-15(2)3/h15-16H,4-14H2,1-3H3. The summed E-state index contributed by atoms with van der Waals surface area (Å²) >= 11 is 0. The van der Waals surface area contributed by atoms with Gasteiger partial charge >= 0.3 is 0 Å². The number of nitrogens with zero attached hydrogens (tertiary/aromatic N) is 3. The Morgan fingerprint density at radius 3 is 2.10 bits per heavy atom. The van der Waals surface area contributed by atoms with Crippen molar-refractivity contribution in [3.05, 3.63) is 0 Å². The summed E-state index contributed by atoms with van der Waals surface area (Å²) in [4.78, 5) is 7.99. The van der Waals surface area contributed by atoms with E-state index in [0.29, 0.717) is 5.41 Å². The van der Waals surface area contributed by atoms with Gasteiger partial charge in [-0.15, -0.1) is 0 Å². The molecule has 0 N–H and O–H groups in total. The van der Waals surface area contributed by atoms with Crippen molar-refractivity contribution in [1.82, 2.24) is 14.7 Å². The molecule has 0 saturated carbocycles. The van der Waals surface area contributed by atoms with Crippen LogP contribution in [0.5, 0.6) is 0 Å². The molecule has 3 saturated heterocycles. The maximum atomic E-state index is 2.73. The molecule has 0 aromatic rings. The van der Waals surface area contributed by atoms with Crippen molar-refractivity contribution in [3.8, 4) is 0 Å². The van der Waals surface area contributed by atoms with Crippen LogP contribution in [0.3, 0.4) is 0 Å². The lowest BCUT2D eigenvalue weighted by atomic mass is 9.72. The lowest BCUT2D eigenvalue weighted by Gasteiger charge is -2.61. The average Bonchev–Trinajstić information content (AvgIpc) is 2.32. The quantitative estimate of drug-likeness (QED) is 0.762. The third-order valence-corrected chi connectivity index (χ3v) is 5.53. The van der Waals surface area contributed by atoms with Crippen molar-refractivity contribution in [2.75, 3.05) is 58.9 Å². The highest BCUT2D eigenvalue weighted by Gasteiger charge is 2.50. The zero-order valence-electron chi connectivity index (χ0n) is 13.8. The molecular weight excluding hydrogens is 246 g/mol. The van der Waals surface area contributed by atoms with Crippen LogP contribution in [-0.2, 0) is 0 Å². The highest BCUT2D eigenvalue weighted by atomic mass is 15.3. The molecule has 0 radical (unpaired) electrons. The summed E-state index contributed by atoms with van der Waals surface area (Å²) < 4.78 is 0. The normalized spacial score (nSPS) is 28.8. The maximum absolute atomic E-state index is 2.73. The van der Waals surface area contributed by atoms with Crippen LogP contribution in [0.25, 0.3) is 0 Å². The first-order chi connectivity index (χ1) is 9.58. The van der Waals surface area contributed by atoms with Crippen LogP contribution in [0.15, 0.2) is 0 Å². The molecule has 3 nitrogen and oxygen atoms in total. The summed E-state index contributed by atoms with van der Waals surface area (Å²) in [5.74, 6) is 1.79. The molecule has 0 bridgehead atoms. The second-order valence-electron chi connectivity index (χ2n) is 8.11. The van der Waals surface area contributed by atoms with E-state index in [1.54, 1.807) is 0 Å². The summed E-state index contributed by atoms with van der Waals surface area (Å²) in [6, 6.07) is 0. The Bertz CT molecular complexity index is 306. The topological polar surface area (TPSA) is 9.72 Å². The molecule has 3 rings (SSSR count). The Morgan fingerprint density at radius 2 is 1.55 bits per heavy atom. The number of hydrogen-bond donors (Lipinski definition) is 0. The second-order valence-corrected chi connectivity index (χ2v) is 8.11. The molecule has 0 unspecified atom stereocenters. The van der Waals surface area contributed by atoms with E-state index in [4.69, 9.17) is 0 Å². The van der Waals surface area contributed by atoms with Gasteiger partial charge < -0.3 is 14.7 Å². The number of hydrogen-bond acceptors (Lipinski definition) is 3. The summed E-state index contributed by atoms with van der Waals surface area (Å²) in [5, 5.41) is 0. The monoisotopic (exact) mass is 279 g/mol. The SMILES string of the molecule is CCN1CC2(C1)CN(CC1CCN(CC(C)C)CC1)C2. The highest BCUT2D eigenvalue weighted by Crippen LogP contribution is 2.40. The molecule has 3 heteroatoms. The van der Waals surface area contributed by atoms with Crippen molar-refractivity contribution >= 4 is 0 Å². The van der Waals surface area contributed by atoms with Gasteiger partial charge in [-0.25, -0.2) is 0 Å². The number of likely N-dealkylation sites (tertiary alicyclic amines) is 3. The summed E-state index contributed by atoms with van der Waals surface area (Å²) in [6.45, 7) is 19.1. The van der Waals surface area contributed by atoms with Gasteiger partial charge in [-0.05, 0) is 44.3 Å². The first kappa shape index (κ1) is 14.8. The van der Waals surface area contributed by atoms with Gasteiger partial charge in [0, 0.05) is 44.7 Å². The molecule has 3 heterocycles. The average molecular weight is 279 g/mol. The van der Waals surface area contributed by atoms with Crippen molar-refractivity contribution in [2.45, 2.75) is 33.6 Å². The smallest absolute Gasteiger partial charge is 0.0212 e. The van der Waals surface area contributed by atoms with Gasteiger partial charge in [0.25, 0.3) is 0 Å². The molecule has 0 aromatic carbocycles. The van der Waals surface area contributed by atoms with Crippen molar-refractivity contribution < 1.29 is 0 Å². The van der Waals surface area contributed by atoms with E-state index in [1.165, 1.54) is 71.7 Å². The van der Waals surface area contributed by atoms with Crippen LogP contribution in [0.4, 0.5) is 0 Å². The second kappa shape index (κ2) is 5.94. The van der Waals surface area contributed by atoms with E-state index in [9.17, 15) is 0 Å². The minimum atomic E-state index is 0.717. The van der Waals surface area contributed by atoms with E-state index in [2.05, 4.69) is 35.5 Å². The molecule has 116 valence electrons. The van der Waals surface area contributed by atoms with Crippen LogP contribution < -0.4 is 0 Å². The van der Waals surface area contributed by atoms with Crippen LogP contribution in [-0.4, -0.2) is 73.6 Å². The summed E-state index contributed by atoms with van der Waals surface area (Å²) in [6.07, 6.45) is 2.86. The Labute approximate surface area is 125 Å². The first-order valence-corrected chi connectivity index (χ1v) is 8.76. The molecule has 0 atom stereocenters. The molecule has 3 aliphatic heterocycles. The number of rotatable bonds is 5. The van der Waals surface area contributed by atoms with Crippen molar-refractivity contribution in [2.24, 2.45) is 17.3 Å². The molecule has 3 fully saturated rings. The van der Waals surface area contributed by atoms with Gasteiger partial charge in [0.1, 0.15) is 0 Å². The molecular formula is C17H33N3. The maximum Gasteiger partial charge on any atom is 0.0212 e. The van der Waals surface area contributed by atoms with Gasteiger partial charge in [0.05, 0.1) is 0 Å². The lowest BCUT2D eigenvalue weighted by Crippen LogP contribution is -2.72. The predicted molar refractivity (Wildman–Crippen MR) is 85.0 cm³/mol. The number of piperidine rings is 1. The summed E-state index contributed by atoms with van der Waals surface area (Å²) in [5.41, 5.74) is 0.717. The molecule has 3 aliphatic rings. The third kappa shape index (κ3) is 3.20. The van der Waals surface area contributed by atoms with Crippen LogP contribution in [0.1, 0.15) is 33.6 Å². The Kier molecular flexibility index (Phi) is 4.40. The fourth-order valence-electron chi connectivity index (χ4n) is 4.59. The van der Waals surface area contributed by atoms with Crippen LogP contribution >= 0.6 is 0 Å². The molecule has 0 aromatic heterocycles. The van der Waals surface area contributed by atoms with E-state index in [-0.39, 0.29) is 0 Å². The van der Waals surface area contributed by atoms with Gasteiger partial charge in [-0.3, -0.25) is 0 Å². The van der Waals surface area contributed by atoms with Gasteiger partial charge in [0.15, 0.2) is 0 Å². The van der Waals surface area contributed by atoms with E-state index in [0.717, 1.165) is 11.8 Å². The minimum absolute atomic E-state index is 0.717. The zero-order valence-corrected chi connectivity index (χ0v) is 13.8. The van der Waals surface area contributed by atoms with Gasteiger partial charge in [0.2, 0.25) is 0 Å². The van der Waals surface area contributed by atoms with Crippen molar-refractivity contribution in [1.29, 1.82) is 0 Å². The van der Waals surface area contributed by atoms with E-state index in [1.807, 2.05) is 0 Å². The van der Waals surface area contributed by atoms with Crippen LogP contribution in [0.2, 0.25) is 0 Å². The fourth-order valence-corrected chi connectivity index (χ4v) is 4.59. The zero-order chi connectivity index (χ0) is 14.2. The lowest BCUT2D eigenvalue weighted by molar-refractivity contribution is -0.118. The first-order valence-electron chi connectivity index (χ1n) is 8.76. The Morgan fingerprint density at radius 1 is 0.950 bits per heavy atom. The summed E-state index contributed by atoms with van der Waals surface area (Å²) in [7, 11) is 0. The molecule has 0 amide bonds. The Balaban J connectivity index is 1.32. The molecule has 20 heavy (non-hydrogen) atoms. The third-order valence-electron chi connectivity index (χ3n) is 5.53. The molecule has 1 spiro atoms. The van der Waals surface area contributed by atoms with Gasteiger partial charge in [-0.2, -0.15) is 0 Å². The predicted octanol–water partition coefficient (Wildman–Crippen LogP) is 1.99. The molecule has 0 aliphatic carbocycles. The highest BCUT2D eigenvalue weighted by molar-refractivity contribution is 5.05. The fraction of sp³-hybridized carbons (Fsp3) is 1.00. The van der Waals surface area contributed by atoms with E-state index < -0.39 is 0 Å². The Hall–Kier alpha value is -0.120. The van der Waals surface area contributed by atoms with Gasteiger partial charge in [-0.1, -0.05) is 20.8 Å².